The third kappa shape index (κ3) is 2.19. The van der Waals surface area contributed by atoms with Gasteiger partial charge in [0.1, 0.15) is 5.15 Å². The molecule has 12 heavy (non-hydrogen) atoms. The van der Waals surface area contributed by atoms with E-state index in [9.17, 15) is 4.39 Å². The minimum absolute atomic E-state index is 0.0520. The van der Waals surface area contributed by atoms with E-state index in [0.29, 0.717) is 4.47 Å². The topological polar surface area (TPSA) is 25.8 Å². The second-order valence-corrected chi connectivity index (χ2v) is 4.03. The quantitative estimate of drug-likeness (QED) is 0.450. The van der Waals surface area contributed by atoms with E-state index in [1.807, 2.05) is 0 Å². The summed E-state index contributed by atoms with van der Waals surface area (Å²) in [7, 11) is 0. The molecule has 0 unspecified atom stereocenters. The smallest absolute Gasteiger partial charge is 0.203 e. The van der Waals surface area contributed by atoms with Crippen LogP contribution in [0, 0.1) is 6.08 Å². The minimum Gasteiger partial charge on any atom is -0.203 e. The molecule has 0 N–H and O–H groups in total. The third-order valence-electron chi connectivity index (χ3n) is 1.02. The summed E-state index contributed by atoms with van der Waals surface area (Å²) in [5.74, 6) is 0. The van der Waals surface area contributed by atoms with Crippen molar-refractivity contribution in [3.63, 3.8) is 0 Å². The Hall–Kier alpha value is 0.360. The van der Waals surface area contributed by atoms with E-state index in [0.717, 1.165) is 0 Å². The number of halogens is 5. The average Bonchev–Trinajstić information content (AvgIpc) is 1.96. The Labute approximate surface area is 91.2 Å². The molecule has 0 saturated carbocycles. The maximum absolute atomic E-state index is 12.5. The van der Waals surface area contributed by atoms with Crippen molar-refractivity contribution in [1.82, 2.24) is 9.97 Å². The highest BCUT2D eigenvalue weighted by atomic mass is 79.9. The summed E-state index contributed by atoms with van der Waals surface area (Å²) >= 11 is 19.5. The van der Waals surface area contributed by atoms with Crippen LogP contribution >= 0.6 is 50.7 Å². The summed E-state index contributed by atoms with van der Waals surface area (Å²) in [5.41, 5.74) is 0.121. The van der Waals surface area contributed by atoms with Gasteiger partial charge in [-0.1, -0.05) is 34.8 Å². The summed E-state index contributed by atoms with van der Waals surface area (Å²) in [6.07, 6.45) is -0.954. The highest BCUT2D eigenvalue weighted by Gasteiger charge is 2.15. The Morgan fingerprint density at radius 3 is 2.42 bits per heavy atom. The highest BCUT2D eigenvalue weighted by molar-refractivity contribution is 9.10. The summed E-state index contributed by atoms with van der Waals surface area (Å²) in [6.45, 7) is 0. The molecule has 1 heterocycles. The van der Waals surface area contributed by atoms with Crippen LogP contribution in [0.2, 0.25) is 5.15 Å². The van der Waals surface area contributed by atoms with Crippen LogP contribution in [0.1, 0.15) is 10.5 Å². The van der Waals surface area contributed by atoms with E-state index in [1.54, 1.807) is 0 Å². The van der Waals surface area contributed by atoms with Gasteiger partial charge in [0.15, 0.2) is 4.84 Å². The van der Waals surface area contributed by atoms with E-state index in [1.165, 1.54) is 0 Å². The zero-order chi connectivity index (χ0) is 9.30. The molecule has 0 aromatic carbocycles. The van der Waals surface area contributed by atoms with Crippen LogP contribution in [0.5, 0.6) is 0 Å². The van der Waals surface area contributed by atoms with Crippen molar-refractivity contribution in [2.45, 2.75) is 4.84 Å². The molecular weight excluding hydrogens is 293 g/mol. The molecule has 0 radical (unpaired) electrons. The van der Waals surface area contributed by atoms with Crippen LogP contribution in [0.4, 0.5) is 4.39 Å². The Morgan fingerprint density at radius 2 is 1.92 bits per heavy atom. The van der Waals surface area contributed by atoms with E-state index in [2.05, 4.69) is 25.9 Å². The van der Waals surface area contributed by atoms with Crippen LogP contribution in [0.25, 0.3) is 0 Å². The van der Waals surface area contributed by atoms with Crippen molar-refractivity contribution >= 4 is 50.7 Å². The van der Waals surface area contributed by atoms with E-state index in [-0.39, 0.29) is 10.8 Å². The fourth-order valence-corrected chi connectivity index (χ4v) is 1.71. The van der Waals surface area contributed by atoms with Crippen LogP contribution in [0.3, 0.4) is 0 Å². The second kappa shape index (κ2) is 4.05. The lowest BCUT2D eigenvalue weighted by Gasteiger charge is -2.03. The van der Waals surface area contributed by atoms with Crippen LogP contribution in [0.15, 0.2) is 4.47 Å². The first kappa shape index (κ1) is 10.4. The van der Waals surface area contributed by atoms with Crippen LogP contribution in [-0.4, -0.2) is 9.97 Å². The largest absolute Gasteiger partial charge is 0.310 e. The molecule has 0 atom stereocenters. The first-order chi connectivity index (χ1) is 5.52. The molecule has 1 aromatic heterocycles. The van der Waals surface area contributed by atoms with Crippen molar-refractivity contribution in [2.75, 3.05) is 0 Å². The van der Waals surface area contributed by atoms with E-state index in [4.69, 9.17) is 34.8 Å². The zero-order valence-electron chi connectivity index (χ0n) is 5.36. The highest BCUT2D eigenvalue weighted by Crippen LogP contribution is 2.32. The first-order valence-corrected chi connectivity index (χ1v) is 4.73. The van der Waals surface area contributed by atoms with Crippen molar-refractivity contribution in [3.05, 3.63) is 21.4 Å². The molecular formula is C5HBrCl3FN2. The molecule has 0 amide bonds. The summed E-state index contributed by atoms with van der Waals surface area (Å²) in [5, 5.41) is -0.0520. The number of alkyl halides is 2. The van der Waals surface area contributed by atoms with Gasteiger partial charge < -0.3 is 0 Å². The summed E-state index contributed by atoms with van der Waals surface area (Å²) in [4.78, 5) is 5.66. The van der Waals surface area contributed by atoms with Crippen molar-refractivity contribution in [3.8, 4) is 0 Å². The predicted molar refractivity (Wildman–Crippen MR) is 49.1 cm³/mol. The monoisotopic (exact) mass is 292 g/mol. The normalized spacial score (nSPS) is 10.8. The molecule has 0 bridgehead atoms. The Kier molecular flexibility index (Phi) is 3.52. The molecule has 0 aliphatic carbocycles. The van der Waals surface area contributed by atoms with E-state index < -0.39 is 10.9 Å². The van der Waals surface area contributed by atoms with Crippen molar-refractivity contribution in [2.24, 2.45) is 0 Å². The molecule has 0 aliphatic heterocycles. The molecule has 7 heteroatoms. The average molecular weight is 294 g/mol. The molecule has 66 valence electrons. The minimum atomic E-state index is -0.954. The molecule has 2 nitrogen and oxygen atoms in total. The van der Waals surface area contributed by atoms with Gasteiger partial charge in [0.2, 0.25) is 0 Å². The van der Waals surface area contributed by atoms with Gasteiger partial charge in [0, 0.05) is 0 Å². The molecule has 0 fully saturated rings. The number of rotatable bonds is 1. The van der Waals surface area contributed by atoms with Gasteiger partial charge in [-0.25, -0.2) is 4.98 Å². The van der Waals surface area contributed by atoms with Gasteiger partial charge in [-0.3, -0.25) is 0 Å². The van der Waals surface area contributed by atoms with Gasteiger partial charge >= 0.3 is 6.08 Å². The number of aromatic nitrogens is 2. The number of nitrogens with zero attached hydrogens (tertiary/aromatic N) is 2. The maximum Gasteiger partial charge on any atom is 0.310 e. The van der Waals surface area contributed by atoms with Crippen LogP contribution < -0.4 is 0 Å². The van der Waals surface area contributed by atoms with Gasteiger partial charge in [-0.15, -0.1) is 0 Å². The van der Waals surface area contributed by atoms with Gasteiger partial charge in [0.25, 0.3) is 0 Å². The first-order valence-electron chi connectivity index (χ1n) is 2.69. The number of hydrogen-bond acceptors (Lipinski definition) is 2. The standard InChI is InChI=1S/C5HBrCl3FN2/c6-1-2(3(7)8)11-5(10)12-4(1)9/h3H. The molecule has 0 spiro atoms. The van der Waals surface area contributed by atoms with Crippen LogP contribution in [-0.2, 0) is 0 Å². The lowest BCUT2D eigenvalue weighted by atomic mass is 10.4. The van der Waals surface area contributed by atoms with Gasteiger partial charge in [-0.05, 0) is 15.9 Å². The summed E-state index contributed by atoms with van der Waals surface area (Å²) in [6, 6.07) is 0. The fraction of sp³-hybridized carbons (Fsp3) is 0.200. The molecule has 1 rings (SSSR count). The predicted octanol–water partition coefficient (Wildman–Crippen LogP) is 3.51. The molecule has 1 aromatic rings. The lowest BCUT2D eigenvalue weighted by molar-refractivity contribution is 0.533. The maximum atomic E-state index is 12.5. The zero-order valence-corrected chi connectivity index (χ0v) is 9.22. The van der Waals surface area contributed by atoms with E-state index >= 15 is 0 Å². The number of hydrogen-bond donors (Lipinski definition) is 0. The van der Waals surface area contributed by atoms with Gasteiger partial charge in [0.05, 0.1) is 10.2 Å². The fourth-order valence-electron chi connectivity index (χ4n) is 0.554. The lowest BCUT2D eigenvalue weighted by Crippen LogP contribution is -1.98. The molecule has 0 aliphatic rings. The third-order valence-corrected chi connectivity index (χ3v) is 2.71. The Bertz CT molecular complexity index is 307. The van der Waals surface area contributed by atoms with Crippen molar-refractivity contribution < 1.29 is 4.39 Å². The second-order valence-electron chi connectivity index (χ2n) is 1.78. The summed E-state index contributed by atoms with van der Waals surface area (Å²) < 4.78 is 12.8. The van der Waals surface area contributed by atoms with Gasteiger partial charge in [-0.2, -0.15) is 9.37 Å². The SMILES string of the molecule is Fc1nc(Cl)c(Br)c(C(Cl)Cl)n1. The molecule has 0 saturated heterocycles. The Morgan fingerprint density at radius 1 is 1.33 bits per heavy atom. The van der Waals surface area contributed by atoms with Crippen molar-refractivity contribution in [1.29, 1.82) is 0 Å². The Balaban J connectivity index is 3.28.